The molecule has 2 rings (SSSR count). The molecule has 0 saturated carbocycles. The van der Waals surface area contributed by atoms with Crippen molar-refractivity contribution in [3.05, 3.63) is 71.8 Å². The standard InChI is InChI=1S/C19H22O3/c1-3-17(18(20)22-4-2)19(21,15-11-7-5-8-12-15)16-13-9-6-10-14-16/h5-14,17,21H,3-4H2,1-2H3/t17-/m0/s1. The van der Waals surface area contributed by atoms with Crippen molar-refractivity contribution in [1.82, 2.24) is 0 Å². The molecule has 1 atom stereocenters. The lowest BCUT2D eigenvalue weighted by molar-refractivity contribution is -0.156. The molecule has 22 heavy (non-hydrogen) atoms. The molecular weight excluding hydrogens is 276 g/mol. The maximum atomic E-state index is 12.4. The quantitative estimate of drug-likeness (QED) is 0.830. The zero-order valence-electron chi connectivity index (χ0n) is 13.0. The number of carbonyl (C=O) groups is 1. The van der Waals surface area contributed by atoms with Gasteiger partial charge in [0.1, 0.15) is 5.60 Å². The number of esters is 1. The van der Waals surface area contributed by atoms with Gasteiger partial charge < -0.3 is 9.84 Å². The molecule has 0 amide bonds. The van der Waals surface area contributed by atoms with Gasteiger partial charge in [0, 0.05) is 0 Å². The van der Waals surface area contributed by atoms with E-state index in [1.165, 1.54) is 0 Å². The molecule has 2 aromatic carbocycles. The van der Waals surface area contributed by atoms with Gasteiger partial charge in [0.2, 0.25) is 0 Å². The number of rotatable bonds is 6. The summed E-state index contributed by atoms with van der Waals surface area (Å²) in [7, 11) is 0. The van der Waals surface area contributed by atoms with Crippen LogP contribution in [0.25, 0.3) is 0 Å². The summed E-state index contributed by atoms with van der Waals surface area (Å²) in [5.41, 5.74) is -0.00835. The molecule has 116 valence electrons. The van der Waals surface area contributed by atoms with Crippen molar-refractivity contribution in [2.45, 2.75) is 25.9 Å². The molecule has 0 radical (unpaired) electrons. The molecule has 0 heterocycles. The Hall–Kier alpha value is -2.13. The predicted molar refractivity (Wildman–Crippen MR) is 86.3 cm³/mol. The lowest BCUT2D eigenvalue weighted by atomic mass is 9.75. The largest absolute Gasteiger partial charge is 0.466 e. The predicted octanol–water partition coefficient (Wildman–Crippen LogP) is 3.51. The first-order chi connectivity index (χ1) is 10.6. The minimum Gasteiger partial charge on any atom is -0.466 e. The number of aliphatic hydroxyl groups is 1. The van der Waals surface area contributed by atoms with Crippen molar-refractivity contribution < 1.29 is 14.6 Å². The van der Waals surface area contributed by atoms with Gasteiger partial charge in [-0.15, -0.1) is 0 Å². The molecule has 1 N–H and O–H groups in total. The van der Waals surface area contributed by atoms with Crippen molar-refractivity contribution in [2.24, 2.45) is 5.92 Å². The highest BCUT2D eigenvalue weighted by molar-refractivity contribution is 5.75. The Labute approximate surface area is 131 Å². The van der Waals surface area contributed by atoms with Gasteiger partial charge in [-0.3, -0.25) is 4.79 Å². The van der Waals surface area contributed by atoms with Crippen LogP contribution in [0.1, 0.15) is 31.4 Å². The zero-order chi connectivity index (χ0) is 16.0. The van der Waals surface area contributed by atoms with Crippen LogP contribution in [0.3, 0.4) is 0 Å². The van der Waals surface area contributed by atoms with E-state index in [1.54, 1.807) is 6.92 Å². The van der Waals surface area contributed by atoms with Gasteiger partial charge in [0.05, 0.1) is 12.5 Å². The van der Waals surface area contributed by atoms with Crippen LogP contribution >= 0.6 is 0 Å². The molecule has 0 unspecified atom stereocenters. The number of carbonyl (C=O) groups excluding carboxylic acids is 1. The average molecular weight is 298 g/mol. The summed E-state index contributed by atoms with van der Waals surface area (Å²) in [6.45, 7) is 3.96. The number of hydrogen-bond acceptors (Lipinski definition) is 3. The van der Waals surface area contributed by atoms with Crippen LogP contribution in [0.5, 0.6) is 0 Å². The number of hydrogen-bond donors (Lipinski definition) is 1. The highest BCUT2D eigenvalue weighted by Gasteiger charge is 2.44. The van der Waals surface area contributed by atoms with Crippen LogP contribution in [0, 0.1) is 5.92 Å². The summed E-state index contributed by atoms with van der Waals surface area (Å²) in [6.07, 6.45) is 0.485. The summed E-state index contributed by atoms with van der Waals surface area (Å²) in [6, 6.07) is 18.6. The van der Waals surface area contributed by atoms with E-state index in [1.807, 2.05) is 67.6 Å². The molecule has 3 heteroatoms. The van der Waals surface area contributed by atoms with Gasteiger partial charge in [0.25, 0.3) is 0 Å². The normalized spacial score (nSPS) is 12.7. The molecule has 0 aliphatic heterocycles. The third-order valence-electron chi connectivity index (χ3n) is 3.91. The van der Waals surface area contributed by atoms with Crippen LogP contribution in [0.15, 0.2) is 60.7 Å². The Balaban J connectivity index is 2.57. The Morgan fingerprint density at radius 2 is 1.45 bits per heavy atom. The Bertz CT molecular complexity index is 553. The monoisotopic (exact) mass is 298 g/mol. The highest BCUT2D eigenvalue weighted by Crippen LogP contribution is 2.39. The van der Waals surface area contributed by atoms with Gasteiger partial charge >= 0.3 is 5.97 Å². The molecule has 0 bridgehead atoms. The molecule has 0 aromatic heterocycles. The molecule has 0 aliphatic carbocycles. The molecule has 0 fully saturated rings. The Morgan fingerprint density at radius 1 is 1.00 bits per heavy atom. The Kier molecular flexibility index (Phi) is 5.34. The second-order valence-corrected chi connectivity index (χ2v) is 5.21. The topological polar surface area (TPSA) is 46.5 Å². The second kappa shape index (κ2) is 7.23. The van der Waals surface area contributed by atoms with Crippen LogP contribution in [-0.4, -0.2) is 17.7 Å². The Morgan fingerprint density at radius 3 is 1.82 bits per heavy atom. The van der Waals surface area contributed by atoms with Gasteiger partial charge in [0.15, 0.2) is 0 Å². The molecule has 3 nitrogen and oxygen atoms in total. The first-order valence-electron chi connectivity index (χ1n) is 7.64. The fraction of sp³-hybridized carbons (Fsp3) is 0.316. The van der Waals surface area contributed by atoms with Crippen molar-refractivity contribution in [1.29, 1.82) is 0 Å². The van der Waals surface area contributed by atoms with Crippen molar-refractivity contribution in [2.75, 3.05) is 6.61 Å². The minimum absolute atomic E-state index is 0.301. The van der Waals surface area contributed by atoms with Crippen LogP contribution in [0.2, 0.25) is 0 Å². The lowest BCUT2D eigenvalue weighted by Crippen LogP contribution is -2.41. The summed E-state index contributed by atoms with van der Waals surface area (Å²) in [5, 5.41) is 11.5. The van der Waals surface area contributed by atoms with Crippen molar-refractivity contribution >= 4 is 5.97 Å². The van der Waals surface area contributed by atoms with E-state index in [0.29, 0.717) is 24.2 Å². The van der Waals surface area contributed by atoms with Gasteiger partial charge in [-0.2, -0.15) is 0 Å². The van der Waals surface area contributed by atoms with E-state index in [2.05, 4.69) is 0 Å². The third-order valence-corrected chi connectivity index (χ3v) is 3.91. The van der Waals surface area contributed by atoms with Gasteiger partial charge in [-0.05, 0) is 24.5 Å². The number of ether oxygens (including phenoxy) is 1. The van der Waals surface area contributed by atoms with Crippen molar-refractivity contribution in [3.63, 3.8) is 0 Å². The van der Waals surface area contributed by atoms with E-state index >= 15 is 0 Å². The van der Waals surface area contributed by atoms with Gasteiger partial charge in [-0.1, -0.05) is 67.6 Å². The first kappa shape index (κ1) is 16.2. The molecular formula is C19H22O3. The maximum Gasteiger partial charge on any atom is 0.312 e. The summed E-state index contributed by atoms with van der Waals surface area (Å²) >= 11 is 0. The van der Waals surface area contributed by atoms with E-state index in [9.17, 15) is 9.90 Å². The SMILES string of the molecule is CCOC(=O)[C@H](CC)C(O)(c1ccccc1)c1ccccc1. The van der Waals surface area contributed by atoms with E-state index < -0.39 is 11.5 Å². The fourth-order valence-corrected chi connectivity index (χ4v) is 2.83. The second-order valence-electron chi connectivity index (χ2n) is 5.21. The zero-order valence-corrected chi connectivity index (χ0v) is 13.0. The molecule has 0 aliphatic rings. The summed E-state index contributed by atoms with van der Waals surface area (Å²) < 4.78 is 5.19. The molecule has 0 saturated heterocycles. The molecule has 0 spiro atoms. The lowest BCUT2D eigenvalue weighted by Gasteiger charge is -2.35. The number of benzene rings is 2. The third kappa shape index (κ3) is 3.04. The van der Waals surface area contributed by atoms with Crippen molar-refractivity contribution in [3.8, 4) is 0 Å². The van der Waals surface area contributed by atoms with E-state index in [4.69, 9.17) is 4.74 Å². The molecule has 2 aromatic rings. The highest BCUT2D eigenvalue weighted by atomic mass is 16.5. The van der Waals surface area contributed by atoms with E-state index in [0.717, 1.165) is 0 Å². The van der Waals surface area contributed by atoms with Gasteiger partial charge in [-0.25, -0.2) is 0 Å². The minimum atomic E-state index is -1.40. The summed E-state index contributed by atoms with van der Waals surface area (Å²) in [4.78, 5) is 12.4. The summed E-state index contributed by atoms with van der Waals surface area (Å²) in [5.74, 6) is -1.03. The fourth-order valence-electron chi connectivity index (χ4n) is 2.83. The maximum absolute atomic E-state index is 12.4. The smallest absolute Gasteiger partial charge is 0.312 e. The average Bonchev–Trinajstić information content (AvgIpc) is 2.57. The first-order valence-corrected chi connectivity index (χ1v) is 7.64. The van der Waals surface area contributed by atoms with E-state index in [-0.39, 0.29) is 5.97 Å². The van der Waals surface area contributed by atoms with Crippen LogP contribution in [-0.2, 0) is 15.1 Å². The van der Waals surface area contributed by atoms with Crippen LogP contribution in [0.4, 0.5) is 0 Å². The van der Waals surface area contributed by atoms with Crippen LogP contribution < -0.4 is 0 Å².